The van der Waals surface area contributed by atoms with E-state index in [2.05, 4.69) is 10.00 Å². The van der Waals surface area contributed by atoms with Crippen LogP contribution in [0, 0.1) is 12.7 Å². The molecule has 9 heteroatoms. The molecule has 34 heavy (non-hydrogen) atoms. The molecule has 180 valence electrons. The van der Waals surface area contributed by atoms with Crippen LogP contribution in [0.2, 0.25) is 0 Å². The van der Waals surface area contributed by atoms with E-state index in [1.54, 1.807) is 44.3 Å². The summed E-state index contributed by atoms with van der Waals surface area (Å²) in [5, 5.41) is 4.35. The molecule has 0 saturated carbocycles. The zero-order chi connectivity index (χ0) is 24.2. The van der Waals surface area contributed by atoms with E-state index >= 15 is 0 Å². The summed E-state index contributed by atoms with van der Waals surface area (Å²) < 4.78 is 31.4. The molecule has 3 aromatic rings. The molecule has 1 amide bonds. The van der Waals surface area contributed by atoms with E-state index in [1.165, 1.54) is 12.1 Å². The minimum Gasteiger partial charge on any atom is -0.493 e. The number of rotatable bonds is 7. The molecule has 0 spiro atoms. The standard InChI is InChI=1S/C25H29FN4O4/c1-17-21(15-27-30(17)20-8-6-19(26)7-9-20)25(31)29-13-11-28(12-14-29)16-18-5-10-22(32-2)24(34-4)23(18)33-3/h5-10,15H,11-14,16H2,1-4H3. The normalized spacial score (nSPS) is 14.2. The Balaban J connectivity index is 1.42. The molecule has 0 radical (unpaired) electrons. The Kier molecular flexibility index (Phi) is 7.02. The molecule has 0 aliphatic carbocycles. The van der Waals surface area contributed by atoms with Crippen LogP contribution in [0.5, 0.6) is 17.2 Å². The van der Waals surface area contributed by atoms with Gasteiger partial charge < -0.3 is 19.1 Å². The lowest BCUT2D eigenvalue weighted by atomic mass is 10.1. The van der Waals surface area contributed by atoms with Gasteiger partial charge in [-0.2, -0.15) is 5.10 Å². The average Bonchev–Trinajstić information content (AvgIpc) is 3.25. The lowest BCUT2D eigenvalue weighted by Crippen LogP contribution is -2.48. The number of carbonyl (C=O) groups excluding carboxylic acids is 1. The second kappa shape index (κ2) is 10.1. The highest BCUT2D eigenvalue weighted by atomic mass is 19.1. The molecule has 1 aromatic heterocycles. The van der Waals surface area contributed by atoms with Gasteiger partial charge in [0.15, 0.2) is 11.5 Å². The van der Waals surface area contributed by atoms with E-state index in [0.29, 0.717) is 48.1 Å². The van der Waals surface area contributed by atoms with Crippen LogP contribution in [0.25, 0.3) is 5.69 Å². The van der Waals surface area contributed by atoms with Gasteiger partial charge in [0.2, 0.25) is 5.75 Å². The van der Waals surface area contributed by atoms with Crippen molar-refractivity contribution in [2.75, 3.05) is 47.5 Å². The number of hydrogen-bond donors (Lipinski definition) is 0. The second-order valence-electron chi connectivity index (χ2n) is 8.09. The molecule has 8 nitrogen and oxygen atoms in total. The molecular formula is C25H29FN4O4. The predicted octanol–water partition coefficient (Wildman–Crippen LogP) is 3.30. The maximum atomic E-state index is 13.2. The van der Waals surface area contributed by atoms with Gasteiger partial charge in [0.1, 0.15) is 5.82 Å². The van der Waals surface area contributed by atoms with Crippen LogP contribution >= 0.6 is 0 Å². The maximum Gasteiger partial charge on any atom is 0.257 e. The van der Waals surface area contributed by atoms with Crippen molar-refractivity contribution in [3.05, 3.63) is 65.2 Å². The molecule has 1 fully saturated rings. The first-order valence-corrected chi connectivity index (χ1v) is 11.1. The number of nitrogens with zero attached hydrogens (tertiary/aromatic N) is 4. The van der Waals surface area contributed by atoms with Crippen LogP contribution in [0.3, 0.4) is 0 Å². The van der Waals surface area contributed by atoms with Crippen LogP contribution in [0.15, 0.2) is 42.6 Å². The Morgan fingerprint density at radius 1 is 0.941 bits per heavy atom. The number of benzene rings is 2. The number of amides is 1. The number of halogens is 1. The summed E-state index contributed by atoms with van der Waals surface area (Å²) in [5.41, 5.74) is 3.00. The van der Waals surface area contributed by atoms with Gasteiger partial charge in [0, 0.05) is 38.3 Å². The van der Waals surface area contributed by atoms with Gasteiger partial charge in [0.25, 0.3) is 5.91 Å². The Labute approximate surface area is 198 Å². The largest absolute Gasteiger partial charge is 0.493 e. The fraction of sp³-hybridized carbons (Fsp3) is 0.360. The first-order chi connectivity index (χ1) is 16.5. The van der Waals surface area contributed by atoms with E-state index in [1.807, 2.05) is 24.0 Å². The Morgan fingerprint density at radius 2 is 1.62 bits per heavy atom. The van der Waals surface area contributed by atoms with Crippen LogP contribution < -0.4 is 14.2 Å². The Hall–Kier alpha value is -3.59. The average molecular weight is 469 g/mol. The van der Waals surface area contributed by atoms with Crippen LogP contribution in [0.4, 0.5) is 4.39 Å². The van der Waals surface area contributed by atoms with Crippen molar-refractivity contribution in [1.82, 2.24) is 19.6 Å². The highest BCUT2D eigenvalue weighted by Gasteiger charge is 2.26. The Morgan fingerprint density at radius 3 is 2.24 bits per heavy atom. The molecule has 0 N–H and O–H groups in total. The van der Waals surface area contributed by atoms with Crippen LogP contribution in [0.1, 0.15) is 21.6 Å². The second-order valence-corrected chi connectivity index (χ2v) is 8.09. The van der Waals surface area contributed by atoms with E-state index in [-0.39, 0.29) is 11.7 Å². The number of piperazine rings is 1. The number of aromatic nitrogens is 2. The lowest BCUT2D eigenvalue weighted by Gasteiger charge is -2.35. The summed E-state index contributed by atoms with van der Waals surface area (Å²) in [6.45, 7) is 5.20. The number of ether oxygens (including phenoxy) is 3. The number of methoxy groups -OCH3 is 3. The third kappa shape index (κ3) is 4.56. The fourth-order valence-electron chi connectivity index (χ4n) is 4.27. The summed E-state index contributed by atoms with van der Waals surface area (Å²) in [6.07, 6.45) is 1.59. The van der Waals surface area contributed by atoms with Crippen LogP contribution in [-0.4, -0.2) is 73.0 Å². The summed E-state index contributed by atoms with van der Waals surface area (Å²) >= 11 is 0. The monoisotopic (exact) mass is 468 g/mol. The summed E-state index contributed by atoms with van der Waals surface area (Å²) in [5.74, 6) is 1.49. The number of hydrogen-bond acceptors (Lipinski definition) is 6. The van der Waals surface area contributed by atoms with Crippen molar-refractivity contribution in [1.29, 1.82) is 0 Å². The zero-order valence-electron chi connectivity index (χ0n) is 19.9. The highest BCUT2D eigenvalue weighted by molar-refractivity contribution is 5.95. The first kappa shape index (κ1) is 23.6. The van der Waals surface area contributed by atoms with E-state index in [4.69, 9.17) is 14.2 Å². The van der Waals surface area contributed by atoms with Gasteiger partial charge in [-0.1, -0.05) is 6.07 Å². The summed E-state index contributed by atoms with van der Waals surface area (Å²) in [4.78, 5) is 17.3. The minimum absolute atomic E-state index is 0.0470. The third-order valence-electron chi connectivity index (χ3n) is 6.15. The molecule has 1 saturated heterocycles. The molecule has 1 aliphatic heterocycles. The van der Waals surface area contributed by atoms with Gasteiger partial charge in [-0.05, 0) is 37.3 Å². The molecule has 0 unspecified atom stereocenters. The highest BCUT2D eigenvalue weighted by Crippen LogP contribution is 2.40. The maximum absolute atomic E-state index is 13.2. The number of carbonyl (C=O) groups is 1. The van der Waals surface area contributed by atoms with Crippen molar-refractivity contribution in [3.8, 4) is 22.9 Å². The fourth-order valence-corrected chi connectivity index (χ4v) is 4.27. The SMILES string of the molecule is COc1ccc(CN2CCN(C(=O)c3cnn(-c4ccc(F)cc4)c3C)CC2)c(OC)c1OC. The third-order valence-corrected chi connectivity index (χ3v) is 6.15. The van der Waals surface area contributed by atoms with Crippen molar-refractivity contribution >= 4 is 5.91 Å². The molecule has 4 rings (SSSR count). The molecular weight excluding hydrogens is 439 g/mol. The Bertz CT molecular complexity index is 1150. The topological polar surface area (TPSA) is 69.1 Å². The van der Waals surface area contributed by atoms with Gasteiger partial charge in [-0.15, -0.1) is 0 Å². The molecule has 2 heterocycles. The minimum atomic E-state index is -0.312. The van der Waals surface area contributed by atoms with Crippen molar-refractivity contribution in [2.24, 2.45) is 0 Å². The lowest BCUT2D eigenvalue weighted by molar-refractivity contribution is 0.0626. The van der Waals surface area contributed by atoms with E-state index in [9.17, 15) is 9.18 Å². The van der Waals surface area contributed by atoms with Gasteiger partial charge in [-0.3, -0.25) is 9.69 Å². The van der Waals surface area contributed by atoms with Crippen LogP contribution in [-0.2, 0) is 6.54 Å². The summed E-state index contributed by atoms with van der Waals surface area (Å²) in [7, 11) is 4.80. The molecule has 0 bridgehead atoms. The predicted molar refractivity (Wildman–Crippen MR) is 126 cm³/mol. The zero-order valence-corrected chi connectivity index (χ0v) is 19.9. The molecule has 1 aliphatic rings. The first-order valence-electron chi connectivity index (χ1n) is 11.1. The quantitative estimate of drug-likeness (QED) is 0.530. The molecule has 0 atom stereocenters. The van der Waals surface area contributed by atoms with Gasteiger partial charge >= 0.3 is 0 Å². The van der Waals surface area contributed by atoms with E-state index < -0.39 is 0 Å². The molecule has 2 aromatic carbocycles. The van der Waals surface area contributed by atoms with Gasteiger partial charge in [0.05, 0.1) is 44.5 Å². The van der Waals surface area contributed by atoms with Crippen molar-refractivity contribution in [3.63, 3.8) is 0 Å². The summed E-state index contributed by atoms with van der Waals surface area (Å²) in [6, 6.07) is 9.90. The van der Waals surface area contributed by atoms with Crippen molar-refractivity contribution in [2.45, 2.75) is 13.5 Å². The van der Waals surface area contributed by atoms with E-state index in [0.717, 1.165) is 24.3 Å². The van der Waals surface area contributed by atoms with Crippen molar-refractivity contribution < 1.29 is 23.4 Å². The smallest absolute Gasteiger partial charge is 0.257 e. The van der Waals surface area contributed by atoms with Gasteiger partial charge in [-0.25, -0.2) is 9.07 Å².